The van der Waals surface area contributed by atoms with Gasteiger partial charge in [-0.3, -0.25) is 9.59 Å². The van der Waals surface area contributed by atoms with Crippen molar-refractivity contribution in [1.82, 2.24) is 9.80 Å². The third kappa shape index (κ3) is 3.60. The SMILES string of the molecule is CN(C)CCCN1C(=O)c2oc3ccc(F)cc3c(=O)c2[C@H]1c1ccc(Cl)c(Cl)c1. The first-order valence-electron chi connectivity index (χ1n) is 9.45. The lowest BCUT2D eigenvalue weighted by Crippen LogP contribution is -2.32. The first-order valence-corrected chi connectivity index (χ1v) is 10.2. The molecule has 30 heavy (non-hydrogen) atoms. The number of amides is 1. The van der Waals surface area contributed by atoms with Crippen molar-refractivity contribution in [2.24, 2.45) is 0 Å². The average Bonchev–Trinajstić information content (AvgIpc) is 2.97. The van der Waals surface area contributed by atoms with Gasteiger partial charge in [0.1, 0.15) is 11.4 Å². The summed E-state index contributed by atoms with van der Waals surface area (Å²) in [6.45, 7) is 1.18. The molecule has 1 aromatic heterocycles. The predicted molar refractivity (Wildman–Crippen MR) is 115 cm³/mol. The number of fused-ring (bicyclic) bond motifs is 2. The van der Waals surface area contributed by atoms with Crippen LogP contribution in [0.4, 0.5) is 4.39 Å². The zero-order valence-electron chi connectivity index (χ0n) is 16.4. The zero-order valence-corrected chi connectivity index (χ0v) is 17.9. The third-order valence-electron chi connectivity index (χ3n) is 5.19. The number of rotatable bonds is 5. The van der Waals surface area contributed by atoms with Gasteiger partial charge in [0.15, 0.2) is 5.43 Å². The maximum absolute atomic E-state index is 13.8. The van der Waals surface area contributed by atoms with Gasteiger partial charge in [-0.05, 0) is 63.0 Å². The van der Waals surface area contributed by atoms with Gasteiger partial charge in [-0.25, -0.2) is 4.39 Å². The number of halogens is 3. The monoisotopic (exact) mass is 448 g/mol. The van der Waals surface area contributed by atoms with Gasteiger partial charge < -0.3 is 14.2 Å². The molecule has 1 aliphatic heterocycles. The molecule has 2 aromatic carbocycles. The van der Waals surface area contributed by atoms with Crippen molar-refractivity contribution in [3.8, 4) is 0 Å². The molecule has 1 aliphatic rings. The van der Waals surface area contributed by atoms with E-state index in [0.717, 1.165) is 12.6 Å². The lowest BCUT2D eigenvalue weighted by molar-refractivity contribution is 0.0722. The van der Waals surface area contributed by atoms with Crippen LogP contribution in [0.15, 0.2) is 45.6 Å². The second-order valence-electron chi connectivity index (χ2n) is 7.55. The zero-order chi connectivity index (χ0) is 21.6. The molecule has 0 saturated heterocycles. The minimum atomic E-state index is -0.687. The highest BCUT2D eigenvalue weighted by Crippen LogP contribution is 2.39. The molecule has 0 aliphatic carbocycles. The number of carbonyl (C=O) groups excluding carboxylic acids is 1. The van der Waals surface area contributed by atoms with Gasteiger partial charge in [-0.1, -0.05) is 29.3 Å². The summed E-state index contributed by atoms with van der Waals surface area (Å²) in [7, 11) is 3.90. The van der Waals surface area contributed by atoms with Crippen LogP contribution in [0.3, 0.4) is 0 Å². The molecule has 156 valence electrons. The fraction of sp³-hybridized carbons (Fsp3) is 0.273. The van der Waals surface area contributed by atoms with E-state index in [4.69, 9.17) is 27.6 Å². The molecule has 2 heterocycles. The van der Waals surface area contributed by atoms with Crippen molar-refractivity contribution in [3.63, 3.8) is 0 Å². The fourth-order valence-corrected chi connectivity index (χ4v) is 4.12. The predicted octanol–water partition coefficient (Wildman–Crippen LogP) is 4.74. The van der Waals surface area contributed by atoms with Crippen molar-refractivity contribution in [2.75, 3.05) is 27.2 Å². The molecule has 8 heteroatoms. The van der Waals surface area contributed by atoms with Crippen molar-refractivity contribution < 1.29 is 13.6 Å². The molecule has 0 bridgehead atoms. The van der Waals surface area contributed by atoms with Crippen LogP contribution in [0.25, 0.3) is 11.0 Å². The largest absolute Gasteiger partial charge is 0.450 e. The molecular weight excluding hydrogens is 430 g/mol. The van der Waals surface area contributed by atoms with Crippen LogP contribution in [0, 0.1) is 5.82 Å². The minimum Gasteiger partial charge on any atom is -0.450 e. The topological polar surface area (TPSA) is 53.8 Å². The summed E-state index contributed by atoms with van der Waals surface area (Å²) in [6, 6.07) is 8.01. The molecule has 0 spiro atoms. The number of hydrogen-bond acceptors (Lipinski definition) is 4. The van der Waals surface area contributed by atoms with Crippen molar-refractivity contribution in [1.29, 1.82) is 0 Å². The summed E-state index contributed by atoms with van der Waals surface area (Å²) in [5.74, 6) is -0.934. The minimum absolute atomic E-state index is 0.0139. The van der Waals surface area contributed by atoms with Crippen LogP contribution in [0.2, 0.25) is 10.0 Å². The molecule has 4 rings (SSSR count). The number of carbonyl (C=O) groups is 1. The first-order chi connectivity index (χ1) is 14.3. The van der Waals surface area contributed by atoms with E-state index in [0.29, 0.717) is 28.6 Å². The standard InChI is InChI=1S/C22H19Cl2FN2O3/c1-26(2)8-3-9-27-19(12-4-6-15(23)16(24)10-12)18-20(28)14-11-13(25)5-7-17(14)30-21(18)22(27)29/h4-7,10-11,19H,3,8-9H2,1-2H3/t19-/m1/s1. The summed E-state index contributed by atoms with van der Waals surface area (Å²) in [5.41, 5.74) is 0.590. The molecular formula is C22H19Cl2FN2O3. The molecule has 0 radical (unpaired) electrons. The summed E-state index contributed by atoms with van der Waals surface area (Å²) in [6.07, 6.45) is 0.701. The Morgan fingerprint density at radius 1 is 1.10 bits per heavy atom. The molecule has 0 fully saturated rings. The second kappa shape index (κ2) is 8.02. The van der Waals surface area contributed by atoms with Gasteiger partial charge in [0.05, 0.1) is 27.0 Å². The van der Waals surface area contributed by atoms with E-state index in [-0.39, 0.29) is 28.2 Å². The van der Waals surface area contributed by atoms with Gasteiger partial charge in [0, 0.05) is 6.54 Å². The highest BCUT2D eigenvalue weighted by molar-refractivity contribution is 6.42. The van der Waals surface area contributed by atoms with E-state index in [1.165, 1.54) is 12.1 Å². The quantitative estimate of drug-likeness (QED) is 0.565. The molecule has 0 unspecified atom stereocenters. The van der Waals surface area contributed by atoms with E-state index in [2.05, 4.69) is 0 Å². The van der Waals surface area contributed by atoms with Crippen molar-refractivity contribution in [3.05, 3.63) is 79.4 Å². The summed E-state index contributed by atoms with van der Waals surface area (Å²) < 4.78 is 19.6. The molecule has 0 N–H and O–H groups in total. The maximum Gasteiger partial charge on any atom is 0.290 e. The van der Waals surface area contributed by atoms with Crippen molar-refractivity contribution >= 4 is 40.1 Å². The lowest BCUT2D eigenvalue weighted by atomic mass is 9.98. The van der Waals surface area contributed by atoms with Crippen LogP contribution in [0.1, 0.15) is 34.1 Å². The summed E-state index contributed by atoms with van der Waals surface area (Å²) >= 11 is 12.3. The van der Waals surface area contributed by atoms with E-state index < -0.39 is 17.3 Å². The fourth-order valence-electron chi connectivity index (χ4n) is 3.81. The Balaban J connectivity index is 1.90. The average molecular weight is 449 g/mol. The Morgan fingerprint density at radius 2 is 1.87 bits per heavy atom. The smallest absolute Gasteiger partial charge is 0.290 e. The highest BCUT2D eigenvalue weighted by atomic mass is 35.5. The molecule has 3 aromatic rings. The van der Waals surface area contributed by atoms with Crippen LogP contribution >= 0.6 is 23.2 Å². The number of hydrogen-bond donors (Lipinski definition) is 0. The Bertz CT molecular complexity index is 1210. The second-order valence-corrected chi connectivity index (χ2v) is 8.36. The Kier molecular flexibility index (Phi) is 5.57. The third-order valence-corrected chi connectivity index (χ3v) is 5.93. The molecule has 5 nitrogen and oxygen atoms in total. The molecule has 1 atom stereocenters. The number of benzene rings is 2. The van der Waals surface area contributed by atoms with Crippen molar-refractivity contribution in [2.45, 2.75) is 12.5 Å². The maximum atomic E-state index is 13.8. The first kappa shape index (κ1) is 20.8. The van der Waals surface area contributed by atoms with Gasteiger partial charge in [-0.2, -0.15) is 0 Å². The van der Waals surface area contributed by atoms with Gasteiger partial charge in [0.2, 0.25) is 5.76 Å². The van der Waals surface area contributed by atoms with Crippen LogP contribution in [0.5, 0.6) is 0 Å². The van der Waals surface area contributed by atoms with Crippen LogP contribution in [-0.2, 0) is 0 Å². The van der Waals surface area contributed by atoms with E-state index in [1.807, 2.05) is 19.0 Å². The van der Waals surface area contributed by atoms with Gasteiger partial charge in [0.25, 0.3) is 5.91 Å². The van der Waals surface area contributed by atoms with E-state index in [1.54, 1.807) is 23.1 Å². The van der Waals surface area contributed by atoms with Crippen LogP contribution in [-0.4, -0.2) is 42.9 Å². The molecule has 1 amide bonds. The van der Waals surface area contributed by atoms with E-state index >= 15 is 0 Å². The Labute approximate surface area is 182 Å². The van der Waals surface area contributed by atoms with Gasteiger partial charge in [-0.15, -0.1) is 0 Å². The summed E-state index contributed by atoms with van der Waals surface area (Å²) in [5, 5.41) is 0.790. The summed E-state index contributed by atoms with van der Waals surface area (Å²) in [4.78, 5) is 30.1. The molecule has 0 saturated carbocycles. The Hall–Kier alpha value is -2.41. The lowest BCUT2D eigenvalue weighted by Gasteiger charge is -2.26. The van der Waals surface area contributed by atoms with E-state index in [9.17, 15) is 14.0 Å². The highest BCUT2D eigenvalue weighted by Gasteiger charge is 2.42. The Morgan fingerprint density at radius 3 is 2.57 bits per heavy atom. The van der Waals surface area contributed by atoms with Gasteiger partial charge >= 0.3 is 0 Å². The number of nitrogens with zero attached hydrogens (tertiary/aromatic N) is 2. The normalized spacial score (nSPS) is 16.0. The van der Waals surface area contributed by atoms with Crippen LogP contribution < -0.4 is 5.43 Å².